The molecule has 0 bridgehead atoms. The van der Waals surface area contributed by atoms with E-state index in [1.54, 1.807) is 6.92 Å². The van der Waals surface area contributed by atoms with Crippen LogP contribution in [0.3, 0.4) is 0 Å². The van der Waals surface area contributed by atoms with Crippen LogP contribution in [-0.2, 0) is 0 Å². The lowest BCUT2D eigenvalue weighted by Crippen LogP contribution is -2.12. The second-order valence-corrected chi connectivity index (χ2v) is 3.57. The fourth-order valence-electron chi connectivity index (χ4n) is 1.34. The maximum Gasteiger partial charge on any atom is 0.170 e. The predicted molar refractivity (Wildman–Crippen MR) is 60.7 cm³/mol. The number of nitrogens with zero attached hydrogens (tertiary/aromatic N) is 2. The van der Waals surface area contributed by atoms with Crippen molar-refractivity contribution in [3.8, 4) is 0 Å². The number of hydrogen-bond donors (Lipinski definition) is 1. The van der Waals surface area contributed by atoms with E-state index >= 15 is 0 Å². The van der Waals surface area contributed by atoms with Gasteiger partial charge in [-0.1, -0.05) is 5.16 Å². The predicted octanol–water partition coefficient (Wildman–Crippen LogP) is 2.50. The summed E-state index contributed by atoms with van der Waals surface area (Å²) in [6.07, 6.45) is 0. The van der Waals surface area contributed by atoms with E-state index in [-0.39, 0.29) is 17.4 Å². The number of aromatic nitrogens is 1. The van der Waals surface area contributed by atoms with E-state index in [0.29, 0.717) is 16.7 Å². The van der Waals surface area contributed by atoms with Gasteiger partial charge < -0.3 is 10.3 Å². The van der Waals surface area contributed by atoms with Gasteiger partial charge in [0, 0.05) is 11.5 Å². The minimum absolute atomic E-state index is 0.0557. The lowest BCUT2D eigenvalue weighted by molar-refractivity contribution is 0.449. The van der Waals surface area contributed by atoms with Gasteiger partial charge in [0.2, 0.25) is 0 Å². The molecule has 0 amide bonds. The number of aryl methyl sites for hydroxylation is 1. The van der Waals surface area contributed by atoms with Crippen LogP contribution in [0.5, 0.6) is 0 Å². The zero-order chi connectivity index (χ0) is 11.7. The van der Waals surface area contributed by atoms with Crippen molar-refractivity contribution in [1.29, 1.82) is 0 Å². The smallest absolute Gasteiger partial charge is 0.170 e. The molecule has 0 spiro atoms. The Morgan fingerprint density at radius 1 is 1.62 bits per heavy atom. The molecule has 4 nitrogen and oxygen atoms in total. The van der Waals surface area contributed by atoms with Crippen LogP contribution in [0, 0.1) is 12.7 Å². The molecule has 84 valence electrons. The summed E-state index contributed by atoms with van der Waals surface area (Å²) < 4.78 is 18.5. The summed E-state index contributed by atoms with van der Waals surface area (Å²) in [6.45, 7) is 1.77. The summed E-state index contributed by atoms with van der Waals surface area (Å²) in [4.78, 5) is 3.87. The van der Waals surface area contributed by atoms with E-state index in [2.05, 4.69) is 10.1 Å². The number of benzene rings is 1. The minimum atomic E-state index is -0.517. The van der Waals surface area contributed by atoms with Gasteiger partial charge in [-0.2, -0.15) is 0 Å². The van der Waals surface area contributed by atoms with Crippen LogP contribution in [0.2, 0.25) is 0 Å². The number of fused-ring (bicyclic) bond motifs is 1. The van der Waals surface area contributed by atoms with Gasteiger partial charge in [-0.15, -0.1) is 11.6 Å². The molecule has 1 aromatic carbocycles. The van der Waals surface area contributed by atoms with Gasteiger partial charge in [0.1, 0.15) is 11.5 Å². The van der Waals surface area contributed by atoms with E-state index in [1.165, 1.54) is 12.1 Å². The van der Waals surface area contributed by atoms with Crippen molar-refractivity contribution in [3.63, 3.8) is 0 Å². The Labute approximate surface area is 95.9 Å². The molecule has 2 rings (SSSR count). The Balaban J connectivity index is 2.61. The van der Waals surface area contributed by atoms with Crippen molar-refractivity contribution >= 4 is 34.1 Å². The number of alkyl halides is 1. The largest absolute Gasteiger partial charge is 0.386 e. The maximum atomic E-state index is 13.5. The summed E-state index contributed by atoms with van der Waals surface area (Å²) in [7, 11) is 0. The van der Waals surface area contributed by atoms with Crippen LogP contribution in [0.25, 0.3) is 11.0 Å². The Morgan fingerprint density at radius 2 is 2.38 bits per heavy atom. The summed E-state index contributed by atoms with van der Waals surface area (Å²) in [5, 5.41) is 4.44. The third-order valence-corrected chi connectivity index (χ3v) is 2.39. The van der Waals surface area contributed by atoms with Crippen LogP contribution >= 0.6 is 11.6 Å². The number of halogens is 2. The summed E-state index contributed by atoms with van der Waals surface area (Å²) in [5.41, 5.74) is 6.64. The van der Waals surface area contributed by atoms with Crippen molar-refractivity contribution in [2.75, 3.05) is 5.88 Å². The highest BCUT2D eigenvalue weighted by Crippen LogP contribution is 2.27. The molecule has 0 radical (unpaired) electrons. The van der Waals surface area contributed by atoms with E-state index in [9.17, 15) is 4.39 Å². The molecular formula is C10H9ClFN3O. The molecular weight excluding hydrogens is 233 g/mol. The zero-order valence-electron chi connectivity index (χ0n) is 8.50. The normalized spacial score (nSPS) is 12.3. The molecule has 0 aliphatic heterocycles. The average Bonchev–Trinajstić information content (AvgIpc) is 2.61. The number of rotatable bonds is 2. The van der Waals surface area contributed by atoms with E-state index in [4.69, 9.17) is 21.9 Å². The zero-order valence-corrected chi connectivity index (χ0v) is 9.25. The van der Waals surface area contributed by atoms with Crippen molar-refractivity contribution in [1.82, 2.24) is 5.16 Å². The molecule has 1 aromatic heterocycles. The van der Waals surface area contributed by atoms with Gasteiger partial charge in [0.05, 0.1) is 11.6 Å². The first-order valence-corrected chi connectivity index (χ1v) is 5.10. The molecule has 0 atom stereocenters. The van der Waals surface area contributed by atoms with Gasteiger partial charge in [-0.3, -0.25) is 0 Å². The van der Waals surface area contributed by atoms with E-state index < -0.39 is 5.82 Å². The monoisotopic (exact) mass is 241 g/mol. The number of aliphatic imine (C=N–C) groups is 1. The first-order chi connectivity index (χ1) is 7.61. The molecule has 0 saturated carbocycles. The van der Waals surface area contributed by atoms with Crippen molar-refractivity contribution in [2.45, 2.75) is 6.92 Å². The third-order valence-electron chi connectivity index (χ3n) is 2.12. The first-order valence-electron chi connectivity index (χ1n) is 4.56. The number of hydrogen-bond acceptors (Lipinski definition) is 3. The van der Waals surface area contributed by atoms with Crippen LogP contribution in [0.1, 0.15) is 5.69 Å². The van der Waals surface area contributed by atoms with Crippen LogP contribution < -0.4 is 5.73 Å². The van der Waals surface area contributed by atoms with Crippen LogP contribution in [0.4, 0.5) is 10.1 Å². The first kappa shape index (κ1) is 10.9. The Hall–Kier alpha value is -1.62. The van der Waals surface area contributed by atoms with Gasteiger partial charge in [-0.05, 0) is 13.0 Å². The highest BCUT2D eigenvalue weighted by Gasteiger charge is 2.10. The molecule has 0 aliphatic rings. The SMILES string of the molecule is Cc1noc2cc(F)c(N=C(N)CCl)cc12. The van der Waals surface area contributed by atoms with Crippen molar-refractivity contribution in [3.05, 3.63) is 23.6 Å². The standard InChI is InChI=1S/C10H9ClFN3O/c1-5-6-2-8(14-10(13)4-11)7(12)3-9(6)16-15-5/h2-3H,4H2,1H3,(H2,13,14). The quantitative estimate of drug-likeness (QED) is 0.499. The lowest BCUT2D eigenvalue weighted by atomic mass is 10.2. The van der Waals surface area contributed by atoms with Crippen molar-refractivity contribution < 1.29 is 8.91 Å². The second-order valence-electron chi connectivity index (χ2n) is 3.30. The maximum absolute atomic E-state index is 13.5. The topological polar surface area (TPSA) is 64.4 Å². The molecule has 0 fully saturated rings. The van der Waals surface area contributed by atoms with Crippen LogP contribution in [0.15, 0.2) is 21.6 Å². The second kappa shape index (κ2) is 4.09. The highest BCUT2D eigenvalue weighted by molar-refractivity contribution is 6.28. The van der Waals surface area contributed by atoms with Gasteiger partial charge in [0.25, 0.3) is 0 Å². The third kappa shape index (κ3) is 1.86. The molecule has 0 saturated heterocycles. The molecule has 1 heterocycles. The van der Waals surface area contributed by atoms with Gasteiger partial charge >= 0.3 is 0 Å². The Kier molecular flexibility index (Phi) is 2.78. The minimum Gasteiger partial charge on any atom is -0.386 e. The van der Waals surface area contributed by atoms with Gasteiger partial charge in [-0.25, -0.2) is 9.38 Å². The molecule has 2 N–H and O–H groups in total. The lowest BCUT2D eigenvalue weighted by Gasteiger charge is -1.98. The summed E-state index contributed by atoms with van der Waals surface area (Å²) >= 11 is 5.47. The fraction of sp³-hybridized carbons (Fsp3) is 0.200. The molecule has 2 aromatic rings. The Bertz CT molecular complexity index is 564. The summed E-state index contributed by atoms with van der Waals surface area (Å²) in [6, 6.07) is 2.77. The fourth-order valence-corrected chi connectivity index (χ4v) is 1.40. The van der Waals surface area contributed by atoms with Gasteiger partial charge in [0.15, 0.2) is 11.4 Å². The Morgan fingerprint density at radius 3 is 3.06 bits per heavy atom. The molecule has 6 heteroatoms. The molecule has 0 unspecified atom stereocenters. The van der Waals surface area contributed by atoms with E-state index in [1.807, 2.05) is 0 Å². The summed E-state index contributed by atoms with van der Waals surface area (Å²) in [5.74, 6) is -0.300. The van der Waals surface area contributed by atoms with Crippen LogP contribution in [-0.4, -0.2) is 16.9 Å². The number of nitrogens with two attached hydrogens (primary N) is 1. The van der Waals surface area contributed by atoms with Crippen molar-refractivity contribution in [2.24, 2.45) is 10.7 Å². The molecule has 16 heavy (non-hydrogen) atoms. The average molecular weight is 242 g/mol. The number of amidine groups is 1. The molecule has 0 aliphatic carbocycles. The highest BCUT2D eigenvalue weighted by atomic mass is 35.5. The van der Waals surface area contributed by atoms with E-state index in [0.717, 1.165) is 0 Å².